The van der Waals surface area contributed by atoms with Crippen molar-refractivity contribution in [2.75, 3.05) is 0 Å². The predicted molar refractivity (Wildman–Crippen MR) is 101 cm³/mol. The van der Waals surface area contributed by atoms with Gasteiger partial charge < -0.3 is 5.11 Å². The third-order valence-electron chi connectivity index (χ3n) is 5.09. The van der Waals surface area contributed by atoms with E-state index in [1.807, 2.05) is 0 Å². The fourth-order valence-corrected chi connectivity index (χ4v) is 5.92. The minimum atomic E-state index is -4.12. The summed E-state index contributed by atoms with van der Waals surface area (Å²) >= 11 is 5.85. The molecule has 0 heterocycles. The molecule has 1 N–H and O–H groups in total. The standard InChI is InChI=1S/C20H17ClF2O4S/c21-14-1-4-16(5-2-14)28(26,27)20(17-12-15(22)3-6-18(17)23)9-7-13(8-10-20)11-19(24)25/h1-6,11-12H,7-10H2,(H,24,25). The van der Waals surface area contributed by atoms with Gasteiger partial charge in [-0.05, 0) is 68.1 Å². The summed E-state index contributed by atoms with van der Waals surface area (Å²) in [6.07, 6.45) is 1.22. The summed E-state index contributed by atoms with van der Waals surface area (Å²) in [7, 11) is -4.12. The zero-order valence-electron chi connectivity index (χ0n) is 14.7. The first kappa shape index (κ1) is 20.5. The van der Waals surface area contributed by atoms with Gasteiger partial charge in [-0.1, -0.05) is 17.2 Å². The van der Waals surface area contributed by atoms with Crippen molar-refractivity contribution in [1.82, 2.24) is 0 Å². The lowest BCUT2D eigenvalue weighted by Gasteiger charge is -2.38. The van der Waals surface area contributed by atoms with Crippen molar-refractivity contribution in [3.63, 3.8) is 0 Å². The fourth-order valence-electron chi connectivity index (χ4n) is 3.66. The minimum Gasteiger partial charge on any atom is -0.478 e. The highest BCUT2D eigenvalue weighted by Crippen LogP contribution is 2.49. The van der Waals surface area contributed by atoms with E-state index in [1.54, 1.807) is 0 Å². The summed E-state index contributed by atoms with van der Waals surface area (Å²) in [6.45, 7) is 0. The zero-order valence-corrected chi connectivity index (χ0v) is 16.2. The summed E-state index contributed by atoms with van der Waals surface area (Å²) < 4.78 is 53.9. The van der Waals surface area contributed by atoms with Gasteiger partial charge in [0.15, 0.2) is 9.84 Å². The highest BCUT2D eigenvalue weighted by molar-refractivity contribution is 7.92. The molecule has 1 fully saturated rings. The third-order valence-corrected chi connectivity index (χ3v) is 7.89. The number of sulfone groups is 1. The van der Waals surface area contributed by atoms with E-state index < -0.39 is 32.2 Å². The Hall–Kier alpha value is -2.25. The molecule has 0 unspecified atom stereocenters. The van der Waals surface area contributed by atoms with Crippen molar-refractivity contribution < 1.29 is 27.1 Å². The summed E-state index contributed by atoms with van der Waals surface area (Å²) in [5, 5.41) is 9.29. The van der Waals surface area contributed by atoms with Crippen LogP contribution in [-0.2, 0) is 19.4 Å². The number of halogens is 3. The first-order valence-corrected chi connectivity index (χ1v) is 10.4. The molecule has 0 amide bonds. The lowest BCUT2D eigenvalue weighted by Crippen LogP contribution is -2.39. The highest BCUT2D eigenvalue weighted by Gasteiger charge is 2.49. The van der Waals surface area contributed by atoms with Gasteiger partial charge in [0.2, 0.25) is 0 Å². The van der Waals surface area contributed by atoms with Crippen LogP contribution in [0.25, 0.3) is 0 Å². The number of hydrogen-bond acceptors (Lipinski definition) is 3. The number of allylic oxidation sites excluding steroid dienone is 1. The van der Waals surface area contributed by atoms with E-state index in [0.717, 1.165) is 24.3 Å². The molecule has 0 atom stereocenters. The Morgan fingerprint density at radius 2 is 1.68 bits per heavy atom. The monoisotopic (exact) mass is 426 g/mol. The van der Waals surface area contributed by atoms with Gasteiger partial charge in [0.25, 0.3) is 0 Å². The van der Waals surface area contributed by atoms with Crippen LogP contribution in [0.3, 0.4) is 0 Å². The van der Waals surface area contributed by atoms with Crippen LogP contribution in [-0.4, -0.2) is 19.5 Å². The molecule has 2 aromatic rings. The Kier molecular flexibility index (Phi) is 5.59. The largest absolute Gasteiger partial charge is 0.478 e. The quantitative estimate of drug-likeness (QED) is 0.708. The van der Waals surface area contributed by atoms with E-state index in [1.165, 1.54) is 24.3 Å². The number of benzene rings is 2. The maximum Gasteiger partial charge on any atom is 0.328 e. The molecular weight excluding hydrogens is 410 g/mol. The number of rotatable bonds is 4. The second kappa shape index (κ2) is 7.64. The van der Waals surface area contributed by atoms with Gasteiger partial charge in [0.05, 0.1) is 4.90 Å². The molecule has 1 aliphatic carbocycles. The topological polar surface area (TPSA) is 71.4 Å². The van der Waals surface area contributed by atoms with Gasteiger partial charge in [-0.15, -0.1) is 0 Å². The summed E-state index contributed by atoms with van der Waals surface area (Å²) in [5.74, 6) is -2.68. The van der Waals surface area contributed by atoms with Crippen molar-refractivity contribution in [2.45, 2.75) is 35.3 Å². The highest BCUT2D eigenvalue weighted by atomic mass is 35.5. The molecule has 1 saturated carbocycles. The molecule has 3 rings (SSSR count). The lowest BCUT2D eigenvalue weighted by atomic mass is 9.80. The fraction of sp³-hybridized carbons (Fsp3) is 0.250. The molecule has 0 aromatic heterocycles. The van der Waals surface area contributed by atoms with Gasteiger partial charge in [-0.3, -0.25) is 0 Å². The number of hydrogen-bond donors (Lipinski definition) is 1. The van der Waals surface area contributed by atoms with Gasteiger partial charge in [0.1, 0.15) is 16.4 Å². The summed E-state index contributed by atoms with van der Waals surface area (Å²) in [5.41, 5.74) is 0.322. The van der Waals surface area contributed by atoms with Crippen LogP contribution in [0.2, 0.25) is 5.02 Å². The molecule has 28 heavy (non-hydrogen) atoms. The maximum atomic E-state index is 14.7. The molecule has 0 spiro atoms. The van der Waals surface area contributed by atoms with Crippen LogP contribution in [0, 0.1) is 11.6 Å². The molecule has 0 saturated heterocycles. The van der Waals surface area contributed by atoms with Crippen LogP contribution in [0.1, 0.15) is 31.2 Å². The van der Waals surface area contributed by atoms with Gasteiger partial charge in [0, 0.05) is 16.7 Å². The van der Waals surface area contributed by atoms with E-state index in [-0.39, 0.29) is 36.1 Å². The van der Waals surface area contributed by atoms with Crippen molar-refractivity contribution in [3.05, 3.63) is 76.3 Å². The molecule has 1 aliphatic rings. The van der Waals surface area contributed by atoms with Crippen LogP contribution >= 0.6 is 11.6 Å². The molecule has 4 nitrogen and oxygen atoms in total. The molecule has 0 aliphatic heterocycles. The normalized spacial score (nSPS) is 20.0. The molecule has 2 aromatic carbocycles. The van der Waals surface area contributed by atoms with Gasteiger partial charge in [-0.25, -0.2) is 22.0 Å². The van der Waals surface area contributed by atoms with Crippen molar-refractivity contribution in [3.8, 4) is 0 Å². The smallest absolute Gasteiger partial charge is 0.328 e. The van der Waals surface area contributed by atoms with E-state index in [2.05, 4.69) is 0 Å². The predicted octanol–water partition coefficient (Wildman–Crippen LogP) is 4.87. The second-order valence-corrected chi connectivity index (χ2v) is 9.41. The number of carboxylic acids is 1. The van der Waals surface area contributed by atoms with Crippen molar-refractivity contribution in [2.24, 2.45) is 0 Å². The Labute approximate surface area is 166 Å². The van der Waals surface area contributed by atoms with Gasteiger partial charge >= 0.3 is 5.97 Å². The molecular formula is C20H17ClF2O4S. The van der Waals surface area contributed by atoms with E-state index >= 15 is 0 Å². The van der Waals surface area contributed by atoms with Crippen LogP contribution in [0.4, 0.5) is 8.78 Å². The van der Waals surface area contributed by atoms with E-state index in [0.29, 0.717) is 10.6 Å². The Morgan fingerprint density at radius 1 is 1.07 bits per heavy atom. The summed E-state index contributed by atoms with van der Waals surface area (Å²) in [4.78, 5) is 10.9. The van der Waals surface area contributed by atoms with Gasteiger partial charge in [-0.2, -0.15) is 0 Å². The third kappa shape index (κ3) is 3.69. The van der Waals surface area contributed by atoms with Crippen molar-refractivity contribution in [1.29, 1.82) is 0 Å². The summed E-state index contributed by atoms with van der Waals surface area (Å²) in [6, 6.07) is 8.25. The number of carboxylic acid groups (broad SMARTS) is 1. The molecule has 8 heteroatoms. The van der Waals surface area contributed by atoms with E-state index in [9.17, 15) is 22.0 Å². The average molecular weight is 427 g/mol. The molecule has 0 bridgehead atoms. The van der Waals surface area contributed by atoms with Crippen LogP contribution < -0.4 is 0 Å². The molecule has 0 radical (unpaired) electrons. The minimum absolute atomic E-state index is 0.0498. The lowest BCUT2D eigenvalue weighted by molar-refractivity contribution is -0.131. The zero-order chi connectivity index (χ0) is 20.5. The Morgan fingerprint density at radius 3 is 2.25 bits per heavy atom. The number of aliphatic carboxylic acids is 1. The molecule has 148 valence electrons. The SMILES string of the molecule is O=C(O)C=C1CCC(c2cc(F)ccc2F)(S(=O)(=O)c2ccc(Cl)cc2)CC1. The van der Waals surface area contributed by atoms with Crippen LogP contribution in [0.5, 0.6) is 0 Å². The Balaban J connectivity index is 2.17. The Bertz CT molecular complexity index is 1040. The maximum absolute atomic E-state index is 14.7. The van der Waals surface area contributed by atoms with Crippen molar-refractivity contribution >= 4 is 27.4 Å². The number of carbonyl (C=O) groups is 1. The average Bonchev–Trinajstić information content (AvgIpc) is 2.64. The van der Waals surface area contributed by atoms with Crippen LogP contribution in [0.15, 0.2) is 59.0 Å². The first-order valence-electron chi connectivity index (χ1n) is 8.54. The first-order chi connectivity index (χ1) is 13.2. The van der Waals surface area contributed by atoms with E-state index in [4.69, 9.17) is 16.7 Å². The second-order valence-electron chi connectivity index (χ2n) is 6.72.